The summed E-state index contributed by atoms with van der Waals surface area (Å²) in [6.07, 6.45) is -1.88. The van der Waals surface area contributed by atoms with Gasteiger partial charge in [0.25, 0.3) is 0 Å². The third-order valence-corrected chi connectivity index (χ3v) is 3.27. The number of nitrogens with two attached hydrogens (primary N) is 1. The lowest BCUT2D eigenvalue weighted by Gasteiger charge is -2.14. The highest BCUT2D eigenvalue weighted by Gasteiger charge is 2.42. The van der Waals surface area contributed by atoms with Gasteiger partial charge in [0.1, 0.15) is 12.2 Å². The van der Waals surface area contributed by atoms with Crippen molar-refractivity contribution < 1.29 is 19.7 Å². The normalized spacial score (nSPS) is 29.4. The number of ether oxygens (including phenoxy) is 1. The highest BCUT2D eigenvalue weighted by molar-refractivity contribution is 5.76. The predicted molar refractivity (Wildman–Crippen MR) is 70.4 cm³/mol. The van der Waals surface area contributed by atoms with Crippen LogP contribution < -0.4 is 11.1 Å². The zero-order chi connectivity index (χ0) is 14.5. The van der Waals surface area contributed by atoms with E-state index in [1.807, 2.05) is 6.07 Å². The van der Waals surface area contributed by atoms with Gasteiger partial charge in [0.05, 0.1) is 30.9 Å². The number of hydrogen-bond donors (Lipinski definition) is 4. The van der Waals surface area contributed by atoms with Crippen molar-refractivity contribution in [3.05, 3.63) is 30.1 Å². The standard InChI is InChI=1S/C13H19N3O4/c14-6-10-13(19)12(18)9(20-10)5-11(17)16-7-8-3-1-2-4-15-8/h1-4,9-10,12-13,18-19H,5-7,14H2,(H,16,17). The average molecular weight is 281 g/mol. The van der Waals surface area contributed by atoms with E-state index in [2.05, 4.69) is 10.3 Å². The second kappa shape index (κ2) is 6.76. The number of nitrogens with zero attached hydrogens (tertiary/aromatic N) is 1. The molecule has 1 saturated heterocycles. The summed E-state index contributed by atoms with van der Waals surface area (Å²) in [6, 6.07) is 5.43. The summed E-state index contributed by atoms with van der Waals surface area (Å²) >= 11 is 0. The molecule has 2 heterocycles. The van der Waals surface area contributed by atoms with E-state index in [1.165, 1.54) is 0 Å². The summed E-state index contributed by atoms with van der Waals surface area (Å²) in [5.74, 6) is -0.274. The van der Waals surface area contributed by atoms with E-state index in [9.17, 15) is 15.0 Å². The first kappa shape index (κ1) is 14.9. The van der Waals surface area contributed by atoms with Gasteiger partial charge in [-0.3, -0.25) is 9.78 Å². The lowest BCUT2D eigenvalue weighted by atomic mass is 10.1. The molecule has 1 aliphatic rings. The first-order valence-corrected chi connectivity index (χ1v) is 6.50. The van der Waals surface area contributed by atoms with E-state index in [0.29, 0.717) is 6.54 Å². The van der Waals surface area contributed by atoms with E-state index in [-0.39, 0.29) is 18.9 Å². The molecule has 1 aromatic heterocycles. The summed E-state index contributed by atoms with van der Waals surface area (Å²) in [4.78, 5) is 15.9. The summed E-state index contributed by atoms with van der Waals surface area (Å²) in [5.41, 5.74) is 6.15. The van der Waals surface area contributed by atoms with E-state index in [1.54, 1.807) is 18.3 Å². The molecule has 1 amide bonds. The minimum absolute atomic E-state index is 0.0262. The van der Waals surface area contributed by atoms with Gasteiger partial charge in [0, 0.05) is 12.7 Å². The highest BCUT2D eigenvalue weighted by Crippen LogP contribution is 2.22. The summed E-state index contributed by atoms with van der Waals surface area (Å²) < 4.78 is 5.36. The van der Waals surface area contributed by atoms with Gasteiger partial charge < -0.3 is 26.0 Å². The van der Waals surface area contributed by atoms with Crippen LogP contribution in [0.3, 0.4) is 0 Å². The number of nitrogens with one attached hydrogen (secondary N) is 1. The smallest absolute Gasteiger partial charge is 0.223 e. The molecule has 7 nitrogen and oxygen atoms in total. The Balaban J connectivity index is 1.80. The number of hydrogen-bond acceptors (Lipinski definition) is 6. The Morgan fingerprint density at radius 1 is 1.35 bits per heavy atom. The number of amides is 1. The minimum atomic E-state index is -1.09. The highest BCUT2D eigenvalue weighted by atomic mass is 16.5. The van der Waals surface area contributed by atoms with Gasteiger partial charge in [-0.15, -0.1) is 0 Å². The molecule has 0 spiro atoms. The first-order valence-electron chi connectivity index (χ1n) is 6.50. The number of carbonyl (C=O) groups is 1. The maximum absolute atomic E-state index is 11.8. The fourth-order valence-electron chi connectivity index (χ4n) is 2.14. The molecule has 0 aromatic carbocycles. The van der Waals surface area contributed by atoms with Crippen molar-refractivity contribution in [1.29, 1.82) is 0 Å². The molecule has 0 saturated carbocycles. The van der Waals surface area contributed by atoms with E-state index in [0.717, 1.165) is 5.69 Å². The lowest BCUT2D eigenvalue weighted by Crippen LogP contribution is -2.37. The summed E-state index contributed by atoms with van der Waals surface area (Å²) in [7, 11) is 0. The van der Waals surface area contributed by atoms with E-state index >= 15 is 0 Å². The molecule has 4 atom stereocenters. The molecule has 1 fully saturated rings. The molecule has 4 unspecified atom stereocenters. The van der Waals surface area contributed by atoms with E-state index < -0.39 is 24.4 Å². The van der Waals surface area contributed by atoms with Crippen LogP contribution in [-0.4, -0.2) is 52.1 Å². The van der Waals surface area contributed by atoms with Crippen LogP contribution in [0.25, 0.3) is 0 Å². The summed E-state index contributed by atoms with van der Waals surface area (Å²) in [6.45, 7) is 0.412. The number of rotatable bonds is 5. The fraction of sp³-hybridized carbons (Fsp3) is 0.538. The number of carbonyl (C=O) groups excluding carboxylic acids is 1. The van der Waals surface area contributed by atoms with Gasteiger partial charge in [0.15, 0.2) is 0 Å². The molecule has 1 aliphatic heterocycles. The van der Waals surface area contributed by atoms with Gasteiger partial charge in [-0.1, -0.05) is 6.07 Å². The van der Waals surface area contributed by atoms with Gasteiger partial charge in [-0.05, 0) is 12.1 Å². The van der Waals surface area contributed by atoms with Crippen LogP contribution in [0.2, 0.25) is 0 Å². The van der Waals surface area contributed by atoms with Gasteiger partial charge in [0.2, 0.25) is 5.91 Å². The number of aliphatic hydroxyl groups excluding tert-OH is 2. The fourth-order valence-corrected chi connectivity index (χ4v) is 2.14. The maximum atomic E-state index is 11.8. The molecule has 0 aliphatic carbocycles. The second-order valence-electron chi connectivity index (χ2n) is 4.73. The minimum Gasteiger partial charge on any atom is -0.388 e. The van der Waals surface area contributed by atoms with Crippen molar-refractivity contribution in [2.24, 2.45) is 5.73 Å². The molecule has 2 rings (SSSR count). The molecule has 1 aromatic rings. The van der Waals surface area contributed by atoms with Crippen molar-refractivity contribution in [3.8, 4) is 0 Å². The Morgan fingerprint density at radius 2 is 2.10 bits per heavy atom. The SMILES string of the molecule is NCC1OC(CC(=O)NCc2ccccn2)C(O)C1O. The molecule has 20 heavy (non-hydrogen) atoms. The molecule has 5 N–H and O–H groups in total. The van der Waals surface area contributed by atoms with Crippen molar-refractivity contribution in [3.63, 3.8) is 0 Å². The van der Waals surface area contributed by atoms with Crippen molar-refractivity contribution in [2.75, 3.05) is 6.54 Å². The molecule has 0 radical (unpaired) electrons. The van der Waals surface area contributed by atoms with Crippen LogP contribution in [0, 0.1) is 0 Å². The van der Waals surface area contributed by atoms with Crippen LogP contribution in [0.1, 0.15) is 12.1 Å². The van der Waals surface area contributed by atoms with Crippen LogP contribution >= 0.6 is 0 Å². The van der Waals surface area contributed by atoms with E-state index in [4.69, 9.17) is 10.5 Å². The third kappa shape index (κ3) is 3.51. The Morgan fingerprint density at radius 3 is 2.70 bits per heavy atom. The van der Waals surface area contributed by atoms with Crippen molar-refractivity contribution >= 4 is 5.91 Å². The second-order valence-corrected chi connectivity index (χ2v) is 4.73. The Kier molecular flexibility index (Phi) is 5.02. The van der Waals surface area contributed by atoms with Gasteiger partial charge in [-0.25, -0.2) is 0 Å². The summed E-state index contributed by atoms with van der Waals surface area (Å²) in [5, 5.41) is 22.1. The number of aromatic nitrogens is 1. The first-order chi connectivity index (χ1) is 9.61. The Bertz CT molecular complexity index is 443. The molecule has 110 valence electrons. The molecule has 0 bridgehead atoms. The molecular weight excluding hydrogens is 262 g/mol. The predicted octanol–water partition coefficient (Wildman–Crippen LogP) is -1.46. The molecule has 7 heteroatoms. The maximum Gasteiger partial charge on any atom is 0.223 e. The quantitative estimate of drug-likeness (QED) is 0.524. The Hall–Kier alpha value is -1.54. The average Bonchev–Trinajstić information content (AvgIpc) is 2.74. The van der Waals surface area contributed by atoms with Crippen molar-refractivity contribution in [1.82, 2.24) is 10.3 Å². The van der Waals surface area contributed by atoms with Crippen LogP contribution in [0.15, 0.2) is 24.4 Å². The zero-order valence-corrected chi connectivity index (χ0v) is 11.0. The topological polar surface area (TPSA) is 118 Å². The van der Waals surface area contributed by atoms with Crippen molar-refractivity contribution in [2.45, 2.75) is 37.4 Å². The van der Waals surface area contributed by atoms with Gasteiger partial charge in [-0.2, -0.15) is 0 Å². The van der Waals surface area contributed by atoms with Crippen LogP contribution in [0.5, 0.6) is 0 Å². The zero-order valence-electron chi connectivity index (χ0n) is 11.0. The van der Waals surface area contributed by atoms with Crippen LogP contribution in [-0.2, 0) is 16.1 Å². The Labute approximate surface area is 116 Å². The largest absolute Gasteiger partial charge is 0.388 e. The number of pyridine rings is 1. The monoisotopic (exact) mass is 281 g/mol. The van der Waals surface area contributed by atoms with Gasteiger partial charge >= 0.3 is 0 Å². The number of aliphatic hydroxyl groups is 2. The van der Waals surface area contributed by atoms with Crippen LogP contribution in [0.4, 0.5) is 0 Å². The molecular formula is C13H19N3O4. The lowest BCUT2D eigenvalue weighted by molar-refractivity contribution is -0.125. The third-order valence-electron chi connectivity index (χ3n) is 3.27.